The molecule has 0 fully saturated rings. The van der Waals surface area contributed by atoms with E-state index < -0.39 is 0 Å². The lowest BCUT2D eigenvalue weighted by Gasteiger charge is -2.20. The molecule has 17 rings (SSSR count). The van der Waals surface area contributed by atoms with E-state index in [1.54, 1.807) is 0 Å². The molecule has 0 aliphatic carbocycles. The molecule has 0 N–H and O–H groups in total. The van der Waals surface area contributed by atoms with Crippen LogP contribution in [-0.2, 0) is 0 Å². The van der Waals surface area contributed by atoms with Gasteiger partial charge in [-0.1, -0.05) is 182 Å². The van der Waals surface area contributed by atoms with Crippen molar-refractivity contribution >= 4 is 131 Å². The maximum atomic E-state index is 7.39. The Morgan fingerprint density at radius 3 is 1.08 bits per heavy atom. The van der Waals surface area contributed by atoms with Gasteiger partial charge < -0.3 is 22.4 Å². The summed E-state index contributed by atoms with van der Waals surface area (Å²) in [4.78, 5) is 0. The van der Waals surface area contributed by atoms with E-state index in [9.17, 15) is 0 Å². The molecule has 5 heteroatoms. The molecule has 350 valence electrons. The maximum absolute atomic E-state index is 7.39. The third-order valence-corrected chi connectivity index (χ3v) is 16.2. The summed E-state index contributed by atoms with van der Waals surface area (Å²) < 4.78 is 26.7. The number of furan rings is 3. The van der Waals surface area contributed by atoms with Gasteiger partial charge in [-0.15, -0.1) is 0 Å². The SMILES string of the molecule is Cc1ccc2c3cccc4c5oc6c(cc7c8c(cccc68)c6ccc(C)cc6n7-c6cccc7c6oc6c(-c8ccccc8)cccc67)c5cc(c34)n(-c3cccc4c3oc3c(-c5ccccc5)cccc34)c2c1. The normalized spacial score (nSPS) is 12.4. The molecule has 0 unspecified atom stereocenters. The lowest BCUT2D eigenvalue weighted by molar-refractivity contribution is 0.667. The van der Waals surface area contributed by atoms with E-state index >= 15 is 0 Å². The minimum atomic E-state index is 0.844. The van der Waals surface area contributed by atoms with Crippen molar-refractivity contribution in [1.82, 2.24) is 9.13 Å². The van der Waals surface area contributed by atoms with Gasteiger partial charge in [0.15, 0.2) is 11.2 Å². The first kappa shape index (κ1) is 40.7. The van der Waals surface area contributed by atoms with Crippen LogP contribution in [0.5, 0.6) is 0 Å². The smallest absolute Gasteiger partial charge is 0.159 e. The zero-order valence-electron chi connectivity index (χ0n) is 40.9. The Balaban J connectivity index is 1.02. The molecule has 0 spiro atoms. The number of pyridine rings is 2. The number of rotatable bonds is 4. The van der Waals surface area contributed by atoms with E-state index in [4.69, 9.17) is 13.3 Å². The van der Waals surface area contributed by atoms with E-state index in [2.05, 4.69) is 241 Å². The van der Waals surface area contributed by atoms with Crippen molar-refractivity contribution in [3.05, 3.63) is 230 Å². The van der Waals surface area contributed by atoms with Gasteiger partial charge in [-0.25, -0.2) is 0 Å². The van der Waals surface area contributed by atoms with Gasteiger partial charge in [0.1, 0.15) is 22.3 Å². The third-order valence-electron chi connectivity index (χ3n) is 16.2. The van der Waals surface area contributed by atoms with Crippen LogP contribution in [0.3, 0.4) is 0 Å². The van der Waals surface area contributed by atoms with Crippen LogP contribution >= 0.6 is 0 Å². The van der Waals surface area contributed by atoms with Gasteiger partial charge in [-0.2, -0.15) is 0 Å². The van der Waals surface area contributed by atoms with Gasteiger partial charge in [0.2, 0.25) is 0 Å². The number of aromatic nitrogens is 2. The average Bonchev–Trinajstić information content (AvgIpc) is 4.24. The van der Waals surface area contributed by atoms with Crippen LogP contribution < -0.4 is 0 Å². The number of para-hydroxylation sites is 4. The lowest BCUT2D eigenvalue weighted by atomic mass is 9.94. The predicted molar refractivity (Wildman–Crippen MR) is 312 cm³/mol. The molecular formula is C70H42N2O3. The van der Waals surface area contributed by atoms with E-state index in [0.29, 0.717) is 0 Å². The van der Waals surface area contributed by atoms with Crippen LogP contribution in [0.1, 0.15) is 11.1 Å². The largest absolute Gasteiger partial charge is 0.455 e. The molecule has 0 radical (unpaired) electrons. The van der Waals surface area contributed by atoms with Gasteiger partial charge in [0, 0.05) is 75.8 Å². The summed E-state index contributed by atoms with van der Waals surface area (Å²) in [6.07, 6.45) is 0. The zero-order valence-corrected chi connectivity index (χ0v) is 40.9. The molecule has 0 saturated heterocycles. The predicted octanol–water partition coefficient (Wildman–Crippen LogP) is 19.8. The van der Waals surface area contributed by atoms with E-state index in [0.717, 1.165) is 154 Å². The number of nitrogens with zero attached hydrogens (tertiary/aromatic N) is 2. The second-order valence-electron chi connectivity index (χ2n) is 20.4. The number of aryl methyl sites for hydroxylation is 2. The third kappa shape index (κ3) is 5.51. The molecule has 0 aliphatic heterocycles. The first-order chi connectivity index (χ1) is 37.0. The van der Waals surface area contributed by atoms with Crippen LogP contribution in [0.25, 0.3) is 165 Å². The molecule has 5 aromatic heterocycles. The molecular weight excluding hydrogens is 917 g/mol. The quantitative estimate of drug-likeness (QED) is 0.130. The molecule has 5 nitrogen and oxygen atoms in total. The minimum absolute atomic E-state index is 0.844. The Kier molecular flexibility index (Phi) is 8.08. The molecule has 5 heterocycles. The number of benzene rings is 12. The summed E-state index contributed by atoms with van der Waals surface area (Å²) in [5.41, 5.74) is 18.3. The lowest BCUT2D eigenvalue weighted by Crippen LogP contribution is -2.02. The van der Waals surface area contributed by atoms with Crippen molar-refractivity contribution in [2.24, 2.45) is 0 Å². The van der Waals surface area contributed by atoms with Crippen LogP contribution in [0.4, 0.5) is 0 Å². The van der Waals surface area contributed by atoms with Crippen molar-refractivity contribution in [1.29, 1.82) is 0 Å². The average molecular weight is 959 g/mol. The standard InChI is InChI=1S/C70H42N2O3/c1-39-31-33-45-47-21-11-27-53-63(47)61(71(59(45)35-39)57-29-13-25-51-49-23-9-19-43(65(49)74-69(51)57)41-15-5-3-6-16-41)37-55-56-38-62-64-48(22-12-28-54(64)68(56)73-67(53)55)46-34-32-40(2)36-60(46)72(62)58-30-14-26-52-50-24-10-20-44(66(50)75-70(52)58)42-17-7-4-8-18-42/h3-38H,1-2H3. The second kappa shape index (κ2) is 14.9. The number of fused-ring (bicyclic) bond motifs is 15. The Labute approximate surface area is 428 Å². The summed E-state index contributed by atoms with van der Waals surface area (Å²) in [5, 5.41) is 15.5. The topological polar surface area (TPSA) is 49.3 Å². The first-order valence-electron chi connectivity index (χ1n) is 25.7. The maximum Gasteiger partial charge on any atom is 0.159 e. The van der Waals surface area contributed by atoms with E-state index in [1.807, 2.05) is 0 Å². The van der Waals surface area contributed by atoms with Gasteiger partial charge in [0.25, 0.3) is 0 Å². The van der Waals surface area contributed by atoms with Gasteiger partial charge in [0.05, 0.1) is 33.4 Å². The highest BCUT2D eigenvalue weighted by molar-refractivity contribution is 6.33. The van der Waals surface area contributed by atoms with E-state index in [1.165, 1.54) is 21.9 Å². The highest BCUT2D eigenvalue weighted by atomic mass is 16.3. The molecule has 0 aliphatic rings. The fourth-order valence-electron chi connectivity index (χ4n) is 12.9. The highest BCUT2D eigenvalue weighted by Crippen LogP contribution is 2.49. The molecule has 12 aromatic carbocycles. The first-order valence-corrected chi connectivity index (χ1v) is 25.7. The molecule has 0 atom stereocenters. The van der Waals surface area contributed by atoms with Crippen LogP contribution in [0.15, 0.2) is 232 Å². The monoisotopic (exact) mass is 958 g/mol. The van der Waals surface area contributed by atoms with Crippen molar-refractivity contribution in [2.75, 3.05) is 0 Å². The summed E-state index contributed by atoms with van der Waals surface area (Å²) in [6, 6.07) is 79.0. The van der Waals surface area contributed by atoms with Crippen molar-refractivity contribution in [3.8, 4) is 33.6 Å². The van der Waals surface area contributed by atoms with Crippen molar-refractivity contribution in [2.45, 2.75) is 13.8 Å². The summed E-state index contributed by atoms with van der Waals surface area (Å²) in [7, 11) is 0. The Hall–Kier alpha value is -9.84. The fourth-order valence-corrected chi connectivity index (χ4v) is 12.9. The zero-order chi connectivity index (χ0) is 49.2. The van der Waals surface area contributed by atoms with Gasteiger partial charge >= 0.3 is 0 Å². The molecule has 0 saturated carbocycles. The Morgan fingerprint density at radius 2 is 0.627 bits per heavy atom. The van der Waals surface area contributed by atoms with Crippen LogP contribution in [-0.4, -0.2) is 9.13 Å². The second-order valence-corrected chi connectivity index (χ2v) is 20.4. The molecule has 0 bridgehead atoms. The summed E-state index contributed by atoms with van der Waals surface area (Å²) in [5.74, 6) is 0. The molecule has 0 amide bonds. The number of hydrogen-bond acceptors (Lipinski definition) is 3. The Bertz CT molecular complexity index is 4980. The van der Waals surface area contributed by atoms with Crippen LogP contribution in [0.2, 0.25) is 0 Å². The van der Waals surface area contributed by atoms with Crippen LogP contribution in [0, 0.1) is 13.8 Å². The summed E-state index contributed by atoms with van der Waals surface area (Å²) in [6.45, 7) is 4.36. The summed E-state index contributed by atoms with van der Waals surface area (Å²) >= 11 is 0. The molecule has 75 heavy (non-hydrogen) atoms. The minimum Gasteiger partial charge on any atom is -0.455 e. The fraction of sp³-hybridized carbons (Fsp3) is 0.0286. The number of hydrogen-bond donors (Lipinski definition) is 0. The van der Waals surface area contributed by atoms with Crippen molar-refractivity contribution in [3.63, 3.8) is 0 Å². The Morgan fingerprint density at radius 1 is 0.253 bits per heavy atom. The van der Waals surface area contributed by atoms with E-state index in [-0.39, 0.29) is 0 Å². The van der Waals surface area contributed by atoms with Gasteiger partial charge in [-0.05, 0) is 83.3 Å². The van der Waals surface area contributed by atoms with Crippen molar-refractivity contribution < 1.29 is 13.3 Å². The molecule has 17 aromatic rings. The van der Waals surface area contributed by atoms with Gasteiger partial charge in [-0.3, -0.25) is 0 Å². The highest BCUT2D eigenvalue weighted by Gasteiger charge is 2.26.